The van der Waals surface area contributed by atoms with Crippen LogP contribution in [0.2, 0.25) is 0 Å². The highest BCUT2D eigenvalue weighted by molar-refractivity contribution is 6.54. The number of alkyl halides is 3. The lowest BCUT2D eigenvalue weighted by molar-refractivity contribution is -0.139. The van der Waals surface area contributed by atoms with Gasteiger partial charge in [0.25, 0.3) is 0 Å². The first-order valence-corrected chi connectivity index (χ1v) is 10.8. The Bertz CT molecular complexity index is 1170. The van der Waals surface area contributed by atoms with Crippen LogP contribution in [0.4, 0.5) is 13.2 Å². The maximum atomic E-state index is 13.4. The highest BCUT2D eigenvalue weighted by Gasteiger charge is 2.38. The molecule has 1 unspecified atom stereocenters. The second-order valence-electron chi connectivity index (χ2n) is 9.40. The van der Waals surface area contributed by atoms with Gasteiger partial charge in [0.15, 0.2) is 6.04 Å². The van der Waals surface area contributed by atoms with E-state index in [9.17, 15) is 27.9 Å². The van der Waals surface area contributed by atoms with Crippen molar-refractivity contribution in [3.63, 3.8) is 0 Å². The van der Waals surface area contributed by atoms with Crippen LogP contribution in [0.3, 0.4) is 0 Å². The lowest BCUT2D eigenvalue weighted by Crippen LogP contribution is -2.32. The number of carboxylic acid groups (broad SMARTS) is 1. The first kappa shape index (κ1) is 23.0. The van der Waals surface area contributed by atoms with E-state index in [1.807, 2.05) is 12.1 Å². The van der Waals surface area contributed by atoms with E-state index in [-0.39, 0.29) is 23.3 Å². The Balaban J connectivity index is 1.71. The van der Waals surface area contributed by atoms with Crippen molar-refractivity contribution < 1.29 is 27.9 Å². The number of ketones is 1. The number of carbonyl (C=O) groups excluding carboxylic acids is 1. The molecule has 0 aromatic heterocycles. The van der Waals surface area contributed by atoms with Crippen LogP contribution in [-0.2, 0) is 22.2 Å². The molecular formula is C26H24F3NO3. The highest BCUT2D eigenvalue weighted by atomic mass is 19.4. The number of nitrogens with zero attached hydrogens (tertiary/aromatic N) is 1. The van der Waals surface area contributed by atoms with Crippen LogP contribution in [0.5, 0.6) is 0 Å². The SMILES string of the molecule is CC1(C)CCC2=C(C1)c1ccccc1C(=NC(Cc1ccc(C(F)(F)F)cc1)C(=O)O)C2=O. The van der Waals surface area contributed by atoms with Crippen molar-refractivity contribution in [2.24, 2.45) is 10.4 Å². The van der Waals surface area contributed by atoms with Gasteiger partial charge in [-0.2, -0.15) is 13.2 Å². The summed E-state index contributed by atoms with van der Waals surface area (Å²) in [4.78, 5) is 29.7. The summed E-state index contributed by atoms with van der Waals surface area (Å²) in [7, 11) is 0. The molecule has 4 rings (SSSR count). The maximum Gasteiger partial charge on any atom is 0.416 e. The molecule has 2 aliphatic carbocycles. The zero-order valence-electron chi connectivity index (χ0n) is 18.4. The normalized spacial score (nSPS) is 19.8. The number of aliphatic carboxylic acids is 1. The monoisotopic (exact) mass is 455 g/mol. The molecule has 7 heteroatoms. The number of benzene rings is 2. The van der Waals surface area contributed by atoms with Gasteiger partial charge in [0.1, 0.15) is 5.71 Å². The summed E-state index contributed by atoms with van der Waals surface area (Å²) in [6, 6.07) is 10.4. The predicted octanol–water partition coefficient (Wildman–Crippen LogP) is 5.74. The second kappa shape index (κ2) is 8.28. The summed E-state index contributed by atoms with van der Waals surface area (Å²) in [6.07, 6.45) is -2.38. The molecule has 2 aliphatic rings. The minimum Gasteiger partial charge on any atom is -0.480 e. The lowest BCUT2D eigenvalue weighted by Gasteiger charge is -2.36. The van der Waals surface area contributed by atoms with Gasteiger partial charge in [0.05, 0.1) is 5.56 Å². The van der Waals surface area contributed by atoms with Gasteiger partial charge in [-0.25, -0.2) is 4.79 Å². The van der Waals surface area contributed by atoms with E-state index in [0.717, 1.165) is 36.1 Å². The van der Waals surface area contributed by atoms with E-state index >= 15 is 0 Å². The molecule has 0 bridgehead atoms. The molecule has 1 N–H and O–H groups in total. The number of carboxylic acids is 1. The highest BCUT2D eigenvalue weighted by Crippen LogP contribution is 2.46. The Morgan fingerprint density at radius 3 is 2.30 bits per heavy atom. The van der Waals surface area contributed by atoms with E-state index in [4.69, 9.17) is 0 Å². The van der Waals surface area contributed by atoms with Crippen molar-refractivity contribution in [1.82, 2.24) is 0 Å². The summed E-state index contributed by atoms with van der Waals surface area (Å²) in [5, 5.41) is 9.77. The number of aliphatic imine (C=N–C) groups is 1. The number of Topliss-reactive ketones (excluding diaryl/α,β-unsaturated/α-hetero) is 1. The summed E-state index contributed by atoms with van der Waals surface area (Å²) in [5.74, 6) is -1.49. The smallest absolute Gasteiger partial charge is 0.416 e. The van der Waals surface area contributed by atoms with Crippen LogP contribution < -0.4 is 0 Å². The molecule has 33 heavy (non-hydrogen) atoms. The minimum absolute atomic E-state index is 0.0625. The fraction of sp³-hybridized carbons (Fsp3) is 0.346. The largest absolute Gasteiger partial charge is 0.480 e. The Morgan fingerprint density at radius 2 is 1.70 bits per heavy atom. The van der Waals surface area contributed by atoms with Gasteiger partial charge in [-0.15, -0.1) is 0 Å². The van der Waals surface area contributed by atoms with Crippen molar-refractivity contribution in [2.45, 2.75) is 51.7 Å². The number of hydrogen-bond donors (Lipinski definition) is 1. The number of rotatable bonds is 4. The van der Waals surface area contributed by atoms with E-state index in [0.29, 0.717) is 23.1 Å². The first-order valence-electron chi connectivity index (χ1n) is 10.8. The number of fused-ring (bicyclic) bond motifs is 2. The standard InChI is InChI=1S/C26H24F3NO3/c1-25(2)12-11-19-20(14-25)17-5-3-4-6-18(17)22(23(19)31)30-21(24(32)33)13-15-7-9-16(10-8-15)26(27,28)29/h3-10,21H,11-14H2,1-2H3,(H,32,33). The average molecular weight is 455 g/mol. The topological polar surface area (TPSA) is 66.7 Å². The summed E-state index contributed by atoms with van der Waals surface area (Å²) in [6.45, 7) is 4.33. The maximum absolute atomic E-state index is 13.4. The molecule has 0 aliphatic heterocycles. The average Bonchev–Trinajstić information content (AvgIpc) is 2.74. The van der Waals surface area contributed by atoms with E-state index in [2.05, 4.69) is 18.8 Å². The van der Waals surface area contributed by atoms with Gasteiger partial charge in [-0.3, -0.25) is 9.79 Å². The molecule has 2 aromatic carbocycles. The molecular weight excluding hydrogens is 431 g/mol. The Hall–Kier alpha value is -3.22. The third-order valence-corrected chi connectivity index (χ3v) is 6.35. The minimum atomic E-state index is -4.47. The van der Waals surface area contributed by atoms with Crippen molar-refractivity contribution in [2.75, 3.05) is 0 Å². The van der Waals surface area contributed by atoms with Crippen LogP contribution in [0.1, 0.15) is 55.4 Å². The lowest BCUT2D eigenvalue weighted by atomic mass is 9.68. The fourth-order valence-electron chi connectivity index (χ4n) is 4.54. The Labute approximate surface area is 189 Å². The van der Waals surface area contributed by atoms with Crippen molar-refractivity contribution in [3.05, 3.63) is 76.4 Å². The van der Waals surface area contributed by atoms with Gasteiger partial charge in [-0.05, 0) is 53.5 Å². The molecule has 0 fully saturated rings. The van der Waals surface area contributed by atoms with Crippen LogP contribution in [0.15, 0.2) is 59.1 Å². The van der Waals surface area contributed by atoms with E-state index in [1.54, 1.807) is 12.1 Å². The number of carbonyl (C=O) groups is 2. The molecule has 0 heterocycles. The number of allylic oxidation sites excluding steroid dienone is 2. The first-order chi connectivity index (χ1) is 15.5. The van der Waals surface area contributed by atoms with E-state index < -0.39 is 23.8 Å². The quantitative estimate of drug-likeness (QED) is 0.640. The Morgan fingerprint density at radius 1 is 1.06 bits per heavy atom. The van der Waals surface area contributed by atoms with Crippen molar-refractivity contribution in [3.8, 4) is 0 Å². The molecule has 0 saturated heterocycles. The molecule has 4 nitrogen and oxygen atoms in total. The predicted molar refractivity (Wildman–Crippen MR) is 119 cm³/mol. The zero-order valence-corrected chi connectivity index (χ0v) is 18.4. The number of hydrogen-bond acceptors (Lipinski definition) is 3. The van der Waals surface area contributed by atoms with Gasteiger partial charge >= 0.3 is 12.1 Å². The van der Waals surface area contributed by atoms with Gasteiger partial charge < -0.3 is 5.11 Å². The van der Waals surface area contributed by atoms with Crippen molar-refractivity contribution >= 4 is 23.0 Å². The van der Waals surface area contributed by atoms with Crippen LogP contribution in [0, 0.1) is 5.41 Å². The second-order valence-corrected chi connectivity index (χ2v) is 9.40. The fourth-order valence-corrected chi connectivity index (χ4v) is 4.54. The molecule has 0 saturated carbocycles. The van der Waals surface area contributed by atoms with Gasteiger partial charge in [-0.1, -0.05) is 50.2 Å². The summed E-state index contributed by atoms with van der Waals surface area (Å²) < 4.78 is 38.5. The molecule has 1 atom stereocenters. The van der Waals surface area contributed by atoms with Crippen LogP contribution in [0.25, 0.3) is 5.57 Å². The summed E-state index contributed by atoms with van der Waals surface area (Å²) >= 11 is 0. The third kappa shape index (κ3) is 4.63. The van der Waals surface area contributed by atoms with Gasteiger partial charge in [0.2, 0.25) is 5.78 Å². The third-order valence-electron chi connectivity index (χ3n) is 6.35. The van der Waals surface area contributed by atoms with Gasteiger partial charge in [0, 0.05) is 17.6 Å². The Kier molecular flexibility index (Phi) is 5.76. The molecule has 172 valence electrons. The molecule has 0 radical (unpaired) electrons. The van der Waals surface area contributed by atoms with Crippen LogP contribution in [-0.4, -0.2) is 28.6 Å². The molecule has 0 amide bonds. The van der Waals surface area contributed by atoms with E-state index in [1.165, 1.54) is 12.1 Å². The molecule has 2 aromatic rings. The van der Waals surface area contributed by atoms with Crippen LogP contribution >= 0.6 is 0 Å². The summed E-state index contributed by atoms with van der Waals surface area (Å²) in [5.41, 5.74) is 2.97. The van der Waals surface area contributed by atoms with Crippen molar-refractivity contribution in [1.29, 1.82) is 0 Å². The number of halogens is 3. The zero-order chi connectivity index (χ0) is 24.0. The molecule has 0 spiro atoms.